The van der Waals surface area contributed by atoms with Crippen LogP contribution < -0.4 is 10.5 Å². The van der Waals surface area contributed by atoms with Crippen LogP contribution in [0.2, 0.25) is 5.02 Å². The smallest absolute Gasteiger partial charge is 0.240 e. The van der Waals surface area contributed by atoms with Gasteiger partial charge in [0.25, 0.3) is 0 Å². The standard InChI is InChI=1S/C11H15ClN2O4S2/c12-10-2-1-9(7-11(10)13)20(17,18)14-8-3-5-19(15,16)6-4-8/h1-2,7-8,14H,3-6,13H2. The Hall–Kier alpha value is -0.830. The number of hydrogen-bond donors (Lipinski definition) is 2. The Balaban J connectivity index is 2.13. The van der Waals surface area contributed by atoms with Crippen LogP contribution in [0.5, 0.6) is 0 Å². The molecule has 0 spiro atoms. The molecule has 0 amide bonds. The fourth-order valence-corrected chi connectivity index (χ4v) is 4.93. The van der Waals surface area contributed by atoms with E-state index >= 15 is 0 Å². The summed E-state index contributed by atoms with van der Waals surface area (Å²) in [5.41, 5.74) is 5.76. The van der Waals surface area contributed by atoms with E-state index in [1.807, 2.05) is 0 Å². The van der Waals surface area contributed by atoms with Crippen molar-refractivity contribution in [2.24, 2.45) is 0 Å². The molecule has 6 nitrogen and oxygen atoms in total. The number of sulfone groups is 1. The van der Waals surface area contributed by atoms with Crippen LogP contribution >= 0.6 is 11.6 Å². The van der Waals surface area contributed by atoms with Gasteiger partial charge in [0.05, 0.1) is 27.1 Å². The normalized spacial score (nSPS) is 19.9. The summed E-state index contributed by atoms with van der Waals surface area (Å²) < 4.78 is 49.4. The Morgan fingerprint density at radius 3 is 2.40 bits per heavy atom. The predicted octanol–water partition coefficient (Wildman–Crippen LogP) is 0.778. The fraction of sp³-hybridized carbons (Fsp3) is 0.455. The monoisotopic (exact) mass is 338 g/mol. The lowest BCUT2D eigenvalue weighted by molar-refractivity contribution is 0.505. The van der Waals surface area contributed by atoms with E-state index in [1.165, 1.54) is 18.2 Å². The second kappa shape index (κ2) is 5.51. The zero-order valence-corrected chi connectivity index (χ0v) is 12.9. The van der Waals surface area contributed by atoms with Gasteiger partial charge in [-0.3, -0.25) is 0 Å². The Morgan fingerprint density at radius 2 is 1.85 bits per heavy atom. The van der Waals surface area contributed by atoms with E-state index in [4.69, 9.17) is 17.3 Å². The van der Waals surface area contributed by atoms with Gasteiger partial charge in [0.15, 0.2) is 0 Å². The number of benzene rings is 1. The molecule has 0 saturated carbocycles. The third-order valence-corrected chi connectivity index (χ3v) is 6.73. The predicted molar refractivity (Wildman–Crippen MR) is 77.9 cm³/mol. The topological polar surface area (TPSA) is 106 Å². The Bertz CT molecular complexity index is 702. The summed E-state index contributed by atoms with van der Waals surface area (Å²) in [4.78, 5) is 0.0211. The van der Waals surface area contributed by atoms with Crippen molar-refractivity contribution in [3.63, 3.8) is 0 Å². The number of halogens is 1. The number of anilines is 1. The minimum atomic E-state index is -3.72. The summed E-state index contributed by atoms with van der Waals surface area (Å²) in [6.45, 7) is 0. The maximum Gasteiger partial charge on any atom is 0.240 e. The number of rotatable bonds is 3. The van der Waals surface area contributed by atoms with Gasteiger partial charge in [-0.25, -0.2) is 21.6 Å². The Morgan fingerprint density at radius 1 is 1.25 bits per heavy atom. The minimum absolute atomic E-state index is 0.00292. The number of nitrogens with two attached hydrogens (primary N) is 1. The van der Waals surface area contributed by atoms with E-state index < -0.39 is 19.9 Å². The lowest BCUT2D eigenvalue weighted by Gasteiger charge is -2.22. The van der Waals surface area contributed by atoms with Crippen molar-refractivity contribution in [2.75, 3.05) is 17.2 Å². The summed E-state index contributed by atoms with van der Waals surface area (Å²) in [6, 6.07) is 3.68. The van der Waals surface area contributed by atoms with Crippen molar-refractivity contribution in [3.8, 4) is 0 Å². The molecule has 1 aliphatic heterocycles. The average Bonchev–Trinajstić information content (AvgIpc) is 2.35. The van der Waals surface area contributed by atoms with Gasteiger partial charge in [-0.15, -0.1) is 0 Å². The summed E-state index contributed by atoms with van der Waals surface area (Å²) in [5.74, 6) is 0.00584. The minimum Gasteiger partial charge on any atom is -0.397 e. The second-order valence-electron chi connectivity index (χ2n) is 4.73. The van der Waals surface area contributed by atoms with Crippen molar-refractivity contribution in [2.45, 2.75) is 23.8 Å². The van der Waals surface area contributed by atoms with Crippen LogP contribution in [0.1, 0.15) is 12.8 Å². The van der Waals surface area contributed by atoms with Crippen LogP contribution in [0, 0.1) is 0 Å². The molecule has 1 aliphatic rings. The van der Waals surface area contributed by atoms with Crippen LogP contribution in [0.15, 0.2) is 23.1 Å². The zero-order valence-electron chi connectivity index (χ0n) is 10.5. The molecule has 1 saturated heterocycles. The molecule has 20 heavy (non-hydrogen) atoms. The third-order valence-electron chi connectivity index (χ3n) is 3.15. The van der Waals surface area contributed by atoms with Gasteiger partial charge < -0.3 is 5.73 Å². The van der Waals surface area contributed by atoms with Gasteiger partial charge in [-0.2, -0.15) is 0 Å². The van der Waals surface area contributed by atoms with Gasteiger partial charge in [-0.1, -0.05) is 11.6 Å². The molecule has 0 unspecified atom stereocenters. The van der Waals surface area contributed by atoms with E-state index in [9.17, 15) is 16.8 Å². The Labute approximate surface area is 123 Å². The van der Waals surface area contributed by atoms with Gasteiger partial charge in [0.1, 0.15) is 9.84 Å². The van der Waals surface area contributed by atoms with E-state index in [0.29, 0.717) is 0 Å². The molecule has 1 fully saturated rings. The van der Waals surface area contributed by atoms with E-state index in [1.54, 1.807) is 0 Å². The molecule has 0 atom stereocenters. The lowest BCUT2D eigenvalue weighted by atomic mass is 10.2. The van der Waals surface area contributed by atoms with Crippen LogP contribution in [0.3, 0.4) is 0 Å². The molecule has 9 heteroatoms. The van der Waals surface area contributed by atoms with E-state index in [0.717, 1.165) is 0 Å². The number of nitrogens with one attached hydrogen (secondary N) is 1. The van der Waals surface area contributed by atoms with Crippen LogP contribution in [0.4, 0.5) is 5.69 Å². The van der Waals surface area contributed by atoms with Crippen molar-refractivity contribution in [1.82, 2.24) is 4.72 Å². The highest BCUT2D eigenvalue weighted by Gasteiger charge is 2.27. The van der Waals surface area contributed by atoms with Gasteiger partial charge in [-0.05, 0) is 31.0 Å². The lowest BCUT2D eigenvalue weighted by Crippen LogP contribution is -2.40. The van der Waals surface area contributed by atoms with E-state index in [-0.39, 0.29) is 46.0 Å². The molecular formula is C11H15ClN2O4S2. The van der Waals surface area contributed by atoms with Crippen LogP contribution in [-0.2, 0) is 19.9 Å². The molecule has 112 valence electrons. The first kappa shape index (κ1) is 15.6. The van der Waals surface area contributed by atoms with Crippen molar-refractivity contribution in [3.05, 3.63) is 23.2 Å². The molecule has 0 bridgehead atoms. The molecule has 0 aliphatic carbocycles. The molecule has 2 rings (SSSR count). The quantitative estimate of drug-likeness (QED) is 0.792. The summed E-state index contributed by atoms with van der Waals surface area (Å²) in [5, 5.41) is 0.285. The first-order chi connectivity index (χ1) is 9.20. The number of nitrogen functional groups attached to an aromatic ring is 1. The molecule has 0 radical (unpaired) electrons. The highest BCUT2D eigenvalue weighted by Crippen LogP contribution is 2.23. The van der Waals surface area contributed by atoms with Gasteiger partial charge in [0, 0.05) is 6.04 Å². The highest BCUT2D eigenvalue weighted by molar-refractivity contribution is 7.91. The maximum atomic E-state index is 12.2. The third kappa shape index (κ3) is 3.63. The maximum absolute atomic E-state index is 12.2. The molecule has 0 aromatic heterocycles. The average molecular weight is 339 g/mol. The van der Waals surface area contributed by atoms with Gasteiger partial charge in [0.2, 0.25) is 10.0 Å². The summed E-state index contributed by atoms with van der Waals surface area (Å²) in [7, 11) is -6.74. The summed E-state index contributed by atoms with van der Waals surface area (Å²) >= 11 is 5.75. The first-order valence-electron chi connectivity index (χ1n) is 5.97. The molecule has 1 aromatic rings. The highest BCUT2D eigenvalue weighted by atomic mass is 35.5. The Kier molecular flexibility index (Phi) is 4.29. The second-order valence-corrected chi connectivity index (χ2v) is 9.16. The largest absolute Gasteiger partial charge is 0.397 e. The fourth-order valence-electron chi connectivity index (χ4n) is 1.98. The van der Waals surface area contributed by atoms with E-state index in [2.05, 4.69) is 4.72 Å². The zero-order chi connectivity index (χ0) is 15.0. The summed E-state index contributed by atoms with van der Waals surface area (Å²) in [6.07, 6.45) is 0.565. The molecular weight excluding hydrogens is 324 g/mol. The molecule has 3 N–H and O–H groups in total. The first-order valence-corrected chi connectivity index (χ1v) is 9.66. The van der Waals surface area contributed by atoms with Crippen molar-refractivity contribution >= 4 is 37.1 Å². The number of hydrogen-bond acceptors (Lipinski definition) is 5. The van der Waals surface area contributed by atoms with Crippen molar-refractivity contribution in [1.29, 1.82) is 0 Å². The van der Waals surface area contributed by atoms with Crippen LogP contribution in [0.25, 0.3) is 0 Å². The van der Waals surface area contributed by atoms with Crippen LogP contribution in [-0.4, -0.2) is 34.4 Å². The molecule has 1 aromatic carbocycles. The number of sulfonamides is 1. The van der Waals surface area contributed by atoms with Crippen molar-refractivity contribution < 1.29 is 16.8 Å². The molecule has 1 heterocycles. The SMILES string of the molecule is Nc1cc(S(=O)(=O)NC2CCS(=O)(=O)CC2)ccc1Cl. The van der Waals surface area contributed by atoms with Gasteiger partial charge >= 0.3 is 0 Å².